The Morgan fingerprint density at radius 2 is 1.91 bits per heavy atom. The normalized spacial score (nSPS) is 17.1. The van der Waals surface area contributed by atoms with Crippen molar-refractivity contribution in [3.8, 4) is 11.5 Å². The zero-order chi connectivity index (χ0) is 23.8. The average Bonchev–Trinajstić information content (AvgIpc) is 3.21. The molecule has 170 valence electrons. The first kappa shape index (κ1) is 22.7. The molecule has 0 saturated carbocycles. The van der Waals surface area contributed by atoms with Gasteiger partial charge in [-0.2, -0.15) is 9.39 Å². The van der Waals surface area contributed by atoms with Crippen molar-refractivity contribution in [3.05, 3.63) is 65.0 Å². The summed E-state index contributed by atoms with van der Waals surface area (Å²) in [7, 11) is -2.27. The lowest BCUT2D eigenvalue weighted by molar-refractivity contribution is -0.114. The van der Waals surface area contributed by atoms with Crippen molar-refractivity contribution in [2.75, 3.05) is 13.4 Å². The number of hydrogen-bond acceptors (Lipinski definition) is 8. The number of methoxy groups -OCH3 is 1. The van der Waals surface area contributed by atoms with E-state index in [1.807, 2.05) is 0 Å². The Balaban J connectivity index is 1.59. The van der Waals surface area contributed by atoms with Gasteiger partial charge in [-0.15, -0.1) is 0 Å². The Labute approximate surface area is 193 Å². The fraction of sp³-hybridized carbons (Fsp3) is 0.143. The van der Waals surface area contributed by atoms with Gasteiger partial charge < -0.3 is 9.47 Å². The third-order valence-electron chi connectivity index (χ3n) is 4.63. The molecule has 9 nitrogen and oxygen atoms in total. The van der Waals surface area contributed by atoms with Crippen LogP contribution in [0.2, 0.25) is 0 Å². The summed E-state index contributed by atoms with van der Waals surface area (Å²) in [5, 5.41) is 8.06. The zero-order valence-electron chi connectivity index (χ0n) is 17.4. The maximum absolute atomic E-state index is 13.1. The standard InChI is InChI=1S/C21H17FN4O5S2/c1-30-17-10-13(5-8-16(17)31-11-12-3-6-14(22)7-4-12)9-15-18(23)26-20(24-19(15)27)32-25-21(26)33(2,28)29/h3-10,23H,11H2,1-2H3. The highest BCUT2D eigenvalue weighted by atomic mass is 32.2. The Bertz CT molecular complexity index is 1350. The van der Waals surface area contributed by atoms with Gasteiger partial charge in [-0.1, -0.05) is 18.2 Å². The van der Waals surface area contributed by atoms with Crippen LogP contribution in [0.1, 0.15) is 11.1 Å². The molecular formula is C21H17FN4O5S2. The first-order valence-electron chi connectivity index (χ1n) is 9.41. The van der Waals surface area contributed by atoms with Crippen LogP contribution in [0.4, 0.5) is 4.39 Å². The zero-order valence-corrected chi connectivity index (χ0v) is 19.0. The molecule has 0 spiro atoms. The lowest BCUT2D eigenvalue weighted by Gasteiger charge is -2.23. The predicted molar refractivity (Wildman–Crippen MR) is 124 cm³/mol. The molecule has 0 saturated heterocycles. The van der Waals surface area contributed by atoms with Crippen LogP contribution in [-0.4, -0.2) is 48.8 Å². The minimum absolute atomic E-state index is 0.0182. The van der Waals surface area contributed by atoms with Gasteiger partial charge >= 0.3 is 0 Å². The Morgan fingerprint density at radius 1 is 1.18 bits per heavy atom. The van der Waals surface area contributed by atoms with Crippen molar-refractivity contribution in [2.24, 2.45) is 9.39 Å². The summed E-state index contributed by atoms with van der Waals surface area (Å²) in [4.78, 5) is 17.4. The van der Waals surface area contributed by atoms with E-state index in [2.05, 4.69) is 9.39 Å². The van der Waals surface area contributed by atoms with Crippen LogP contribution in [-0.2, 0) is 21.2 Å². The molecule has 0 aromatic heterocycles. The van der Waals surface area contributed by atoms with Crippen LogP contribution < -0.4 is 9.47 Å². The number of halogens is 1. The molecule has 0 unspecified atom stereocenters. The van der Waals surface area contributed by atoms with Crippen LogP contribution in [0.5, 0.6) is 11.5 Å². The molecule has 2 aromatic carbocycles. The van der Waals surface area contributed by atoms with Crippen LogP contribution >= 0.6 is 11.9 Å². The lowest BCUT2D eigenvalue weighted by atomic mass is 10.1. The van der Waals surface area contributed by atoms with Gasteiger partial charge in [-0.25, -0.2) is 17.7 Å². The number of ether oxygens (including phenoxy) is 2. The highest BCUT2D eigenvalue weighted by Crippen LogP contribution is 2.32. The summed E-state index contributed by atoms with van der Waals surface area (Å²) in [5.41, 5.74) is 1.18. The molecule has 0 atom stereocenters. The number of fused-ring (bicyclic) bond motifs is 1. The van der Waals surface area contributed by atoms with E-state index in [1.165, 1.54) is 25.3 Å². The fourth-order valence-corrected chi connectivity index (χ4v) is 4.88. The Kier molecular flexibility index (Phi) is 6.04. The third kappa shape index (κ3) is 4.66. The number of amidine groups is 3. The molecule has 33 heavy (non-hydrogen) atoms. The van der Waals surface area contributed by atoms with Gasteiger partial charge in [-0.05, 0) is 41.5 Å². The molecule has 1 amide bonds. The van der Waals surface area contributed by atoms with E-state index in [0.717, 1.165) is 28.7 Å². The lowest BCUT2D eigenvalue weighted by Crippen LogP contribution is -2.45. The third-order valence-corrected chi connectivity index (χ3v) is 6.39. The van der Waals surface area contributed by atoms with E-state index in [9.17, 15) is 17.6 Å². The second kappa shape index (κ2) is 8.79. The van der Waals surface area contributed by atoms with E-state index >= 15 is 0 Å². The van der Waals surface area contributed by atoms with Gasteiger partial charge in [0.1, 0.15) is 18.3 Å². The number of rotatable bonds is 5. The molecule has 4 rings (SSSR count). The van der Waals surface area contributed by atoms with Crippen LogP contribution in [0.15, 0.2) is 57.4 Å². The largest absolute Gasteiger partial charge is 0.493 e. The molecule has 1 N–H and O–H groups in total. The van der Waals surface area contributed by atoms with Crippen LogP contribution in [0.3, 0.4) is 0 Å². The van der Waals surface area contributed by atoms with Gasteiger partial charge in [0.25, 0.3) is 5.91 Å². The minimum Gasteiger partial charge on any atom is -0.493 e. The van der Waals surface area contributed by atoms with Gasteiger partial charge in [-0.3, -0.25) is 10.2 Å². The number of aliphatic imine (C=N–C) groups is 1. The maximum atomic E-state index is 13.1. The van der Waals surface area contributed by atoms with Crippen molar-refractivity contribution in [2.45, 2.75) is 6.61 Å². The van der Waals surface area contributed by atoms with Gasteiger partial charge in [0.05, 0.1) is 24.6 Å². The van der Waals surface area contributed by atoms with E-state index in [1.54, 1.807) is 30.3 Å². The Hall–Kier alpha value is -3.51. The summed E-state index contributed by atoms with van der Waals surface area (Å²) in [6.45, 7) is 0.192. The molecule has 0 aliphatic carbocycles. The van der Waals surface area contributed by atoms with Crippen molar-refractivity contribution < 1.29 is 27.1 Å². The summed E-state index contributed by atoms with van der Waals surface area (Å²) >= 11 is 0.728. The van der Waals surface area contributed by atoms with Gasteiger partial charge in [0.15, 0.2) is 11.5 Å². The Morgan fingerprint density at radius 3 is 2.58 bits per heavy atom. The number of sulfone groups is 1. The molecule has 0 fully saturated rings. The minimum atomic E-state index is -3.73. The molecular weight excluding hydrogens is 471 g/mol. The summed E-state index contributed by atoms with van der Waals surface area (Å²) < 4.78 is 52.0. The number of benzene rings is 2. The number of nitrogens with zero attached hydrogens (tertiary/aromatic N) is 3. The summed E-state index contributed by atoms with van der Waals surface area (Å²) in [6, 6.07) is 10.8. The number of amides is 1. The quantitative estimate of drug-likeness (QED) is 0.507. The molecule has 2 aliphatic heterocycles. The molecule has 12 heteroatoms. The van der Waals surface area contributed by atoms with Crippen molar-refractivity contribution >= 4 is 49.9 Å². The second-order valence-electron chi connectivity index (χ2n) is 7.00. The molecule has 2 aliphatic rings. The smallest absolute Gasteiger partial charge is 0.283 e. The second-order valence-corrected chi connectivity index (χ2v) is 9.64. The average molecular weight is 489 g/mol. The van der Waals surface area contributed by atoms with E-state index in [-0.39, 0.29) is 34.2 Å². The van der Waals surface area contributed by atoms with Crippen molar-refractivity contribution in [1.82, 2.24) is 4.90 Å². The van der Waals surface area contributed by atoms with Crippen molar-refractivity contribution in [3.63, 3.8) is 0 Å². The molecule has 2 heterocycles. The van der Waals surface area contributed by atoms with Crippen LogP contribution in [0, 0.1) is 11.2 Å². The molecule has 0 radical (unpaired) electrons. The summed E-state index contributed by atoms with van der Waals surface area (Å²) in [5.74, 6) is -0.554. The maximum Gasteiger partial charge on any atom is 0.283 e. The molecule has 0 bridgehead atoms. The van der Waals surface area contributed by atoms with Gasteiger partial charge in [0.2, 0.25) is 20.2 Å². The molecule has 2 aromatic rings. The highest BCUT2D eigenvalue weighted by molar-refractivity contribution is 8.16. The van der Waals surface area contributed by atoms with E-state index in [4.69, 9.17) is 14.9 Å². The van der Waals surface area contributed by atoms with E-state index < -0.39 is 15.7 Å². The topological polar surface area (TPSA) is 121 Å². The number of carbonyl (C=O) groups excluding carboxylic acids is 1. The number of hydrogen-bond donors (Lipinski definition) is 1. The fourth-order valence-electron chi connectivity index (χ4n) is 3.04. The van der Waals surface area contributed by atoms with Crippen LogP contribution in [0.25, 0.3) is 6.08 Å². The monoisotopic (exact) mass is 488 g/mol. The number of carbonyl (C=O) groups is 1. The predicted octanol–water partition coefficient (Wildman–Crippen LogP) is 3.03. The first-order chi connectivity index (χ1) is 15.7. The number of nitrogens with one attached hydrogen (secondary N) is 1. The van der Waals surface area contributed by atoms with E-state index in [0.29, 0.717) is 17.1 Å². The summed E-state index contributed by atoms with van der Waals surface area (Å²) in [6.07, 6.45) is 2.39. The highest BCUT2D eigenvalue weighted by Gasteiger charge is 2.41. The SMILES string of the molecule is COc1cc(C=C2C(=N)N3C(=NC2=O)SN=C3S(C)(=O)=O)ccc1OCc1ccc(F)cc1. The first-order valence-corrected chi connectivity index (χ1v) is 12.1. The van der Waals surface area contributed by atoms with Crippen molar-refractivity contribution in [1.29, 1.82) is 5.41 Å². The van der Waals surface area contributed by atoms with Gasteiger partial charge in [0, 0.05) is 6.26 Å².